The summed E-state index contributed by atoms with van der Waals surface area (Å²) in [5.41, 5.74) is 6.08. The lowest BCUT2D eigenvalue weighted by Crippen LogP contribution is -2.44. The topological polar surface area (TPSA) is 221 Å². The molecule has 7 rings (SSSR count). The van der Waals surface area contributed by atoms with Crippen LogP contribution in [0.25, 0.3) is 33.5 Å². The summed E-state index contributed by atoms with van der Waals surface area (Å²) >= 11 is 0. The van der Waals surface area contributed by atoms with Gasteiger partial charge in [-0.2, -0.15) is 5.10 Å². The summed E-state index contributed by atoms with van der Waals surface area (Å²) in [5, 5.41) is 20.3. The molecule has 0 aliphatic carbocycles. The smallest absolute Gasteiger partial charge is 0.329 e. The number of carbonyl (C=O) groups is 3. The summed E-state index contributed by atoms with van der Waals surface area (Å²) in [6.07, 6.45) is 3.74. The molecule has 4 aromatic heterocycles. The molecule has 1 aliphatic heterocycles. The number of ether oxygens (including phenoxy) is 1. The average molecular weight is 849 g/mol. The first-order valence-electron chi connectivity index (χ1n) is 20.2. The van der Waals surface area contributed by atoms with E-state index in [9.17, 15) is 27.6 Å². The zero-order valence-electron chi connectivity index (χ0n) is 34.2. The molecule has 0 saturated carbocycles. The number of anilines is 1. The number of hydrogen-bond donors (Lipinski definition) is 4. The predicted molar refractivity (Wildman–Crippen MR) is 230 cm³/mol. The van der Waals surface area contributed by atoms with Crippen LogP contribution >= 0.6 is 0 Å². The maximum absolute atomic E-state index is 13.0. The van der Waals surface area contributed by atoms with E-state index in [4.69, 9.17) is 14.7 Å². The van der Waals surface area contributed by atoms with E-state index in [-0.39, 0.29) is 35.0 Å². The number of imide groups is 1. The van der Waals surface area contributed by atoms with Crippen LogP contribution in [0.2, 0.25) is 0 Å². The number of aryl methyl sites for hydroxylation is 3. The molecule has 4 N–H and O–H groups in total. The SMILES string of the molecule is CCc1ccc(C(=O)NCc2cc3nc(-c4cccc(NCCNCCOCCCc5ccc6c(c5)n(C)c(=O)n6C5CCC(=O)NC5=O)n4)ccc3nn2)cc1S(C)(=O)=O. The van der Waals surface area contributed by atoms with Crippen LogP contribution in [0.5, 0.6) is 0 Å². The normalized spacial score (nSPS) is 14.4. The molecule has 318 valence electrons. The van der Waals surface area contributed by atoms with Crippen molar-refractivity contribution in [3.63, 3.8) is 0 Å². The molecule has 0 radical (unpaired) electrons. The van der Waals surface area contributed by atoms with Gasteiger partial charge in [-0.05, 0) is 91.4 Å². The highest BCUT2D eigenvalue weighted by Crippen LogP contribution is 2.25. The van der Waals surface area contributed by atoms with Gasteiger partial charge in [0.05, 0.1) is 51.7 Å². The zero-order chi connectivity index (χ0) is 43.1. The van der Waals surface area contributed by atoms with Crippen molar-refractivity contribution < 1.29 is 27.5 Å². The van der Waals surface area contributed by atoms with Crippen LogP contribution in [0.15, 0.2) is 82.5 Å². The number of amides is 3. The minimum atomic E-state index is -3.49. The maximum atomic E-state index is 13.0. The molecule has 0 bridgehead atoms. The fourth-order valence-electron chi connectivity index (χ4n) is 7.30. The molecular weight excluding hydrogens is 801 g/mol. The van der Waals surface area contributed by atoms with Gasteiger partial charge >= 0.3 is 5.69 Å². The summed E-state index contributed by atoms with van der Waals surface area (Å²) in [6, 6.07) is 20.9. The first-order chi connectivity index (χ1) is 29.4. The standard InChI is InChI=1S/C43H48N10O7S/c1-4-28-11-12-29(24-38(28)61(3,58)59)41(55)46-26-30-25-34-33(51-50-30)14-13-32(47-34)31-8-5-9-39(48-31)45-19-18-44-20-22-60-21-6-7-27-10-15-35-37(23-27)52(2)43(57)53(35)36-16-17-40(54)49-42(36)56/h5,8-15,23-25,36,44H,4,6-7,16-22,26H2,1-3H3,(H,45,48)(H,46,55)(H,49,54,56). The molecule has 2 aromatic carbocycles. The number of carbonyl (C=O) groups excluding carboxylic acids is 3. The second-order valence-corrected chi connectivity index (χ2v) is 16.9. The lowest BCUT2D eigenvalue weighted by molar-refractivity contribution is -0.135. The Kier molecular flexibility index (Phi) is 13.3. The van der Waals surface area contributed by atoms with Crippen molar-refractivity contribution in [2.75, 3.05) is 44.4 Å². The molecule has 18 heteroatoms. The number of sulfone groups is 1. The van der Waals surface area contributed by atoms with Gasteiger partial charge in [-0.25, -0.2) is 23.2 Å². The van der Waals surface area contributed by atoms with Crippen molar-refractivity contribution in [2.24, 2.45) is 7.05 Å². The van der Waals surface area contributed by atoms with E-state index in [1.807, 2.05) is 55.5 Å². The molecule has 1 unspecified atom stereocenters. The predicted octanol–water partition coefficient (Wildman–Crippen LogP) is 3.26. The first kappa shape index (κ1) is 42.7. The monoisotopic (exact) mass is 848 g/mol. The molecule has 1 atom stereocenters. The number of aromatic nitrogens is 6. The second kappa shape index (κ2) is 18.9. The molecule has 17 nitrogen and oxygen atoms in total. The van der Waals surface area contributed by atoms with Crippen LogP contribution in [0.3, 0.4) is 0 Å². The summed E-state index contributed by atoms with van der Waals surface area (Å²) < 4.78 is 33.4. The van der Waals surface area contributed by atoms with Gasteiger partial charge in [-0.15, -0.1) is 5.10 Å². The van der Waals surface area contributed by atoms with E-state index < -0.39 is 27.7 Å². The van der Waals surface area contributed by atoms with Gasteiger partial charge in [0, 0.05) is 51.5 Å². The van der Waals surface area contributed by atoms with Crippen molar-refractivity contribution in [3.05, 3.63) is 106 Å². The Bertz CT molecular complexity index is 2790. The van der Waals surface area contributed by atoms with E-state index in [0.29, 0.717) is 90.7 Å². The number of fused-ring (bicyclic) bond motifs is 2. The van der Waals surface area contributed by atoms with E-state index in [1.165, 1.54) is 10.6 Å². The highest BCUT2D eigenvalue weighted by Gasteiger charge is 2.31. The van der Waals surface area contributed by atoms with Crippen molar-refractivity contribution in [1.82, 2.24) is 45.2 Å². The van der Waals surface area contributed by atoms with Gasteiger partial charge in [0.15, 0.2) is 9.84 Å². The maximum Gasteiger partial charge on any atom is 0.329 e. The summed E-state index contributed by atoms with van der Waals surface area (Å²) in [5.74, 6) is -0.488. The minimum Gasteiger partial charge on any atom is -0.380 e. The van der Waals surface area contributed by atoms with Gasteiger partial charge in [-0.3, -0.25) is 28.8 Å². The van der Waals surface area contributed by atoms with Crippen LogP contribution < -0.4 is 27.0 Å². The van der Waals surface area contributed by atoms with Crippen LogP contribution in [0, 0.1) is 0 Å². The molecule has 5 heterocycles. The van der Waals surface area contributed by atoms with Gasteiger partial charge in [0.2, 0.25) is 11.8 Å². The van der Waals surface area contributed by atoms with Gasteiger partial charge < -0.3 is 20.7 Å². The molecule has 0 spiro atoms. The second-order valence-electron chi connectivity index (χ2n) is 14.9. The van der Waals surface area contributed by atoms with Crippen LogP contribution in [-0.2, 0) is 50.6 Å². The molecule has 6 aromatic rings. The molecule has 1 saturated heterocycles. The van der Waals surface area contributed by atoms with Crippen LogP contribution in [-0.4, -0.2) is 94.5 Å². The van der Waals surface area contributed by atoms with Crippen molar-refractivity contribution in [2.45, 2.75) is 56.5 Å². The molecule has 3 amide bonds. The number of benzene rings is 2. The Labute approximate surface area is 352 Å². The van der Waals surface area contributed by atoms with Gasteiger partial charge in [-0.1, -0.05) is 25.1 Å². The fourth-order valence-corrected chi connectivity index (χ4v) is 8.33. The highest BCUT2D eigenvalue weighted by molar-refractivity contribution is 7.90. The number of imidazole rings is 1. The van der Waals surface area contributed by atoms with Gasteiger partial charge in [0.25, 0.3) is 5.91 Å². The number of nitrogens with zero attached hydrogens (tertiary/aromatic N) is 6. The van der Waals surface area contributed by atoms with Crippen molar-refractivity contribution in [3.8, 4) is 11.4 Å². The largest absolute Gasteiger partial charge is 0.380 e. The quantitative estimate of drug-likeness (QED) is 0.0722. The average Bonchev–Trinajstić information content (AvgIpc) is 3.50. The van der Waals surface area contributed by atoms with Gasteiger partial charge in [0.1, 0.15) is 17.4 Å². The number of piperidine rings is 1. The number of rotatable bonds is 18. The Morgan fingerprint density at radius 1 is 0.902 bits per heavy atom. The van der Waals surface area contributed by atoms with E-state index in [2.05, 4.69) is 31.5 Å². The fraction of sp³-hybridized carbons (Fsp3) is 0.349. The minimum absolute atomic E-state index is 0.0746. The molecule has 61 heavy (non-hydrogen) atoms. The Balaban J connectivity index is 0.830. The number of pyridine rings is 2. The Morgan fingerprint density at radius 3 is 2.54 bits per heavy atom. The summed E-state index contributed by atoms with van der Waals surface area (Å²) in [6.45, 7) is 5.10. The van der Waals surface area contributed by atoms with E-state index in [1.54, 1.807) is 29.8 Å². The number of nitrogens with one attached hydrogen (secondary N) is 4. The summed E-state index contributed by atoms with van der Waals surface area (Å²) in [4.78, 5) is 59.7. The van der Waals surface area contributed by atoms with Crippen LogP contribution in [0.1, 0.15) is 59.4 Å². The number of hydrogen-bond acceptors (Lipinski definition) is 13. The van der Waals surface area contributed by atoms with Crippen molar-refractivity contribution >= 4 is 55.4 Å². The molecule has 1 fully saturated rings. The lowest BCUT2D eigenvalue weighted by Gasteiger charge is -2.21. The third-order valence-electron chi connectivity index (χ3n) is 10.5. The highest BCUT2D eigenvalue weighted by atomic mass is 32.2. The van der Waals surface area contributed by atoms with Crippen molar-refractivity contribution in [1.29, 1.82) is 0 Å². The molecular formula is C43H48N10O7S. The zero-order valence-corrected chi connectivity index (χ0v) is 35.0. The van der Waals surface area contributed by atoms with E-state index >= 15 is 0 Å². The first-order valence-corrected chi connectivity index (χ1v) is 22.1. The molecule has 1 aliphatic rings. The third-order valence-corrected chi connectivity index (χ3v) is 11.7. The Hall–Kier alpha value is -6.37. The van der Waals surface area contributed by atoms with E-state index in [0.717, 1.165) is 30.2 Å². The van der Waals surface area contributed by atoms with Crippen LogP contribution in [0.4, 0.5) is 5.82 Å². The summed E-state index contributed by atoms with van der Waals surface area (Å²) in [7, 11) is -1.80. The third kappa shape index (κ3) is 10.2. The lowest BCUT2D eigenvalue weighted by atomic mass is 10.1. The Morgan fingerprint density at radius 2 is 1.74 bits per heavy atom.